The maximum atomic E-state index is 13.1. The van der Waals surface area contributed by atoms with Gasteiger partial charge in [-0.15, -0.1) is 0 Å². The SMILES string of the molecule is C[C@@H](C(=O)N1C(=O)OCC1Cc1ccccc1)[C@@H]1CCN(C(=O)OC(C)(C)C)C1. The lowest BCUT2D eigenvalue weighted by molar-refractivity contribution is -0.134. The number of hydrogen-bond acceptors (Lipinski definition) is 5. The molecule has 1 aromatic rings. The second kappa shape index (κ2) is 8.43. The van der Waals surface area contributed by atoms with Gasteiger partial charge < -0.3 is 14.4 Å². The average molecular weight is 402 g/mol. The van der Waals surface area contributed by atoms with Gasteiger partial charge in [0.15, 0.2) is 0 Å². The Morgan fingerprint density at radius 2 is 1.93 bits per heavy atom. The Labute approximate surface area is 171 Å². The summed E-state index contributed by atoms with van der Waals surface area (Å²) in [5.41, 5.74) is 0.499. The van der Waals surface area contributed by atoms with Crippen LogP contribution in [0.15, 0.2) is 30.3 Å². The standard InChI is InChI=1S/C22H30N2O5/c1-15(17-10-11-23(13-17)20(26)29-22(2,3)4)19(25)24-18(14-28-21(24)27)12-16-8-6-5-7-9-16/h5-9,15,17-18H,10-14H2,1-4H3/t15-,17-,18?/m1/s1. The molecule has 2 aliphatic rings. The van der Waals surface area contributed by atoms with Gasteiger partial charge in [0.05, 0.1) is 6.04 Å². The highest BCUT2D eigenvalue weighted by Gasteiger charge is 2.43. The van der Waals surface area contributed by atoms with Gasteiger partial charge in [-0.1, -0.05) is 37.3 Å². The Bertz CT molecular complexity index is 758. The van der Waals surface area contributed by atoms with Gasteiger partial charge in [-0.3, -0.25) is 4.79 Å². The molecule has 7 nitrogen and oxygen atoms in total. The van der Waals surface area contributed by atoms with Gasteiger partial charge in [0, 0.05) is 19.0 Å². The van der Waals surface area contributed by atoms with E-state index < -0.39 is 11.7 Å². The summed E-state index contributed by atoms with van der Waals surface area (Å²) < 4.78 is 10.6. The van der Waals surface area contributed by atoms with Gasteiger partial charge in [0.1, 0.15) is 12.2 Å². The smallest absolute Gasteiger partial charge is 0.416 e. The fraction of sp³-hybridized carbons (Fsp3) is 0.591. The molecular weight excluding hydrogens is 372 g/mol. The predicted octanol–water partition coefficient (Wildman–Crippen LogP) is 3.47. The first-order chi connectivity index (χ1) is 13.7. The Balaban J connectivity index is 1.62. The van der Waals surface area contributed by atoms with Crippen molar-refractivity contribution in [1.82, 2.24) is 9.80 Å². The molecule has 3 amide bonds. The summed E-state index contributed by atoms with van der Waals surface area (Å²) in [6, 6.07) is 9.45. The zero-order valence-electron chi connectivity index (χ0n) is 17.6. The third-order valence-electron chi connectivity index (χ3n) is 5.49. The number of carbonyl (C=O) groups excluding carboxylic acids is 3. The highest BCUT2D eigenvalue weighted by molar-refractivity contribution is 5.94. The number of imide groups is 1. The van der Waals surface area contributed by atoms with Crippen molar-refractivity contribution >= 4 is 18.1 Å². The van der Waals surface area contributed by atoms with Crippen LogP contribution in [0, 0.1) is 11.8 Å². The molecule has 7 heteroatoms. The lowest BCUT2D eigenvalue weighted by Gasteiger charge is -2.27. The lowest BCUT2D eigenvalue weighted by atomic mass is 9.91. The zero-order valence-corrected chi connectivity index (χ0v) is 17.6. The maximum Gasteiger partial charge on any atom is 0.416 e. The van der Waals surface area contributed by atoms with Crippen LogP contribution in [0.1, 0.15) is 39.7 Å². The van der Waals surface area contributed by atoms with Crippen LogP contribution in [0.3, 0.4) is 0 Å². The minimum absolute atomic E-state index is 0.0132. The van der Waals surface area contributed by atoms with Crippen LogP contribution in [0.25, 0.3) is 0 Å². The Hall–Kier alpha value is -2.57. The molecule has 2 aliphatic heterocycles. The van der Waals surface area contributed by atoms with Crippen molar-refractivity contribution in [2.45, 2.75) is 52.2 Å². The van der Waals surface area contributed by atoms with E-state index in [1.54, 1.807) is 4.90 Å². The number of rotatable bonds is 4. The quantitative estimate of drug-likeness (QED) is 0.771. The average Bonchev–Trinajstić information content (AvgIpc) is 3.27. The molecule has 0 aromatic heterocycles. The number of hydrogen-bond donors (Lipinski definition) is 0. The van der Waals surface area contributed by atoms with Crippen LogP contribution in [0.4, 0.5) is 9.59 Å². The molecule has 2 saturated heterocycles. The fourth-order valence-electron chi connectivity index (χ4n) is 3.88. The largest absolute Gasteiger partial charge is 0.447 e. The van der Waals surface area contributed by atoms with Crippen LogP contribution in [-0.2, 0) is 20.7 Å². The van der Waals surface area contributed by atoms with Crippen molar-refractivity contribution in [2.75, 3.05) is 19.7 Å². The van der Waals surface area contributed by atoms with Crippen molar-refractivity contribution in [2.24, 2.45) is 11.8 Å². The number of likely N-dealkylation sites (tertiary alicyclic amines) is 1. The summed E-state index contributed by atoms with van der Waals surface area (Å²) in [4.78, 5) is 40.6. The third kappa shape index (κ3) is 5.08. The van der Waals surface area contributed by atoms with E-state index in [2.05, 4.69) is 0 Å². The Morgan fingerprint density at radius 3 is 2.59 bits per heavy atom. The van der Waals surface area contributed by atoms with Gasteiger partial charge in [-0.25, -0.2) is 14.5 Å². The van der Waals surface area contributed by atoms with E-state index in [4.69, 9.17) is 9.47 Å². The molecule has 29 heavy (non-hydrogen) atoms. The Kier molecular flexibility index (Phi) is 6.15. The molecular formula is C22H30N2O5. The van der Waals surface area contributed by atoms with E-state index in [1.165, 1.54) is 4.90 Å². The van der Waals surface area contributed by atoms with Gasteiger partial charge in [0.2, 0.25) is 5.91 Å². The molecule has 0 bridgehead atoms. The molecule has 0 saturated carbocycles. The van der Waals surface area contributed by atoms with E-state index >= 15 is 0 Å². The van der Waals surface area contributed by atoms with Gasteiger partial charge in [0.25, 0.3) is 0 Å². The summed E-state index contributed by atoms with van der Waals surface area (Å²) in [6.07, 6.45) is 0.338. The molecule has 0 spiro atoms. The van der Waals surface area contributed by atoms with Crippen LogP contribution < -0.4 is 0 Å². The molecule has 0 radical (unpaired) electrons. The molecule has 0 aliphatic carbocycles. The van der Waals surface area contributed by atoms with Crippen molar-refractivity contribution < 1.29 is 23.9 Å². The molecule has 3 rings (SSSR count). The molecule has 2 heterocycles. The van der Waals surface area contributed by atoms with Crippen LogP contribution in [0.5, 0.6) is 0 Å². The van der Waals surface area contributed by atoms with Gasteiger partial charge >= 0.3 is 12.2 Å². The molecule has 0 N–H and O–H groups in total. The van der Waals surface area contributed by atoms with Crippen LogP contribution in [-0.4, -0.2) is 59.2 Å². The van der Waals surface area contributed by atoms with Gasteiger partial charge in [-0.05, 0) is 45.1 Å². The number of benzene rings is 1. The molecule has 1 unspecified atom stereocenters. The summed E-state index contributed by atoms with van der Waals surface area (Å²) in [7, 11) is 0. The molecule has 2 fully saturated rings. The third-order valence-corrected chi connectivity index (χ3v) is 5.49. The fourth-order valence-corrected chi connectivity index (χ4v) is 3.88. The number of carbonyl (C=O) groups is 3. The van der Waals surface area contributed by atoms with Crippen LogP contribution in [0.2, 0.25) is 0 Å². The summed E-state index contributed by atoms with van der Waals surface area (Å²) in [5.74, 6) is -0.628. The summed E-state index contributed by atoms with van der Waals surface area (Å²) in [5, 5.41) is 0. The number of amides is 3. The summed E-state index contributed by atoms with van der Waals surface area (Å²) in [6.45, 7) is 8.53. The molecule has 1 aromatic carbocycles. The van der Waals surface area contributed by atoms with E-state index in [9.17, 15) is 14.4 Å². The van der Waals surface area contributed by atoms with Crippen molar-refractivity contribution in [3.8, 4) is 0 Å². The second-order valence-electron chi connectivity index (χ2n) is 8.89. The summed E-state index contributed by atoms with van der Waals surface area (Å²) >= 11 is 0. The number of ether oxygens (including phenoxy) is 2. The van der Waals surface area contributed by atoms with Gasteiger partial charge in [-0.2, -0.15) is 0 Å². The predicted molar refractivity (Wildman–Crippen MR) is 107 cm³/mol. The minimum Gasteiger partial charge on any atom is -0.447 e. The maximum absolute atomic E-state index is 13.1. The number of nitrogens with zero attached hydrogens (tertiary/aromatic N) is 2. The monoisotopic (exact) mass is 402 g/mol. The first kappa shape index (κ1) is 21.1. The van der Waals surface area contributed by atoms with E-state index in [-0.39, 0.29) is 36.5 Å². The highest BCUT2D eigenvalue weighted by atomic mass is 16.6. The first-order valence-corrected chi connectivity index (χ1v) is 10.2. The van der Waals surface area contributed by atoms with Crippen molar-refractivity contribution in [3.63, 3.8) is 0 Å². The Morgan fingerprint density at radius 1 is 1.24 bits per heavy atom. The zero-order chi connectivity index (χ0) is 21.2. The molecule has 3 atom stereocenters. The van der Waals surface area contributed by atoms with Crippen molar-refractivity contribution in [3.05, 3.63) is 35.9 Å². The van der Waals surface area contributed by atoms with Crippen molar-refractivity contribution in [1.29, 1.82) is 0 Å². The topological polar surface area (TPSA) is 76.2 Å². The minimum atomic E-state index is -0.579. The lowest BCUT2D eigenvalue weighted by Crippen LogP contribution is -2.45. The second-order valence-corrected chi connectivity index (χ2v) is 8.89. The molecule has 158 valence electrons. The highest BCUT2D eigenvalue weighted by Crippen LogP contribution is 2.29. The first-order valence-electron chi connectivity index (χ1n) is 10.2. The van der Waals surface area contributed by atoms with E-state index in [0.717, 1.165) is 5.56 Å². The normalized spacial score (nSPS) is 23.1. The number of cyclic esters (lactones) is 1. The van der Waals surface area contributed by atoms with E-state index in [0.29, 0.717) is 25.9 Å². The van der Waals surface area contributed by atoms with Crippen LogP contribution >= 0.6 is 0 Å². The van der Waals surface area contributed by atoms with E-state index in [1.807, 2.05) is 58.0 Å².